The molecule has 164 valence electrons. The number of likely N-dealkylation sites (tertiary alicyclic amines) is 1. The van der Waals surface area contributed by atoms with E-state index in [0.717, 1.165) is 29.0 Å². The maximum Gasteiger partial charge on any atom is 0.417 e. The standard InChI is InChI=1S/C18H16BrClF5N3OS/c1-8-14(16(29)28-4-3-17(21,22)7-28)15(9(2)26-8)30-27-13-6-12(20)10(5-11(13)19)18(23,24)25/h5-6,26-27H,3-4,7H2,1-2H3. The van der Waals surface area contributed by atoms with E-state index in [0.29, 0.717) is 16.3 Å². The molecule has 12 heteroatoms. The Balaban J connectivity index is 1.85. The lowest BCUT2D eigenvalue weighted by Gasteiger charge is -2.18. The molecule has 1 fully saturated rings. The molecular weight excluding hydrogens is 517 g/mol. The van der Waals surface area contributed by atoms with Gasteiger partial charge in [0.2, 0.25) is 0 Å². The van der Waals surface area contributed by atoms with Crippen LogP contribution in [0, 0.1) is 13.8 Å². The first kappa shape index (κ1) is 23.2. The highest BCUT2D eigenvalue weighted by Gasteiger charge is 2.41. The van der Waals surface area contributed by atoms with Gasteiger partial charge >= 0.3 is 6.18 Å². The summed E-state index contributed by atoms with van der Waals surface area (Å²) in [6.07, 6.45) is -4.99. The number of aromatic amines is 1. The van der Waals surface area contributed by atoms with E-state index in [4.69, 9.17) is 11.6 Å². The van der Waals surface area contributed by atoms with Gasteiger partial charge in [0.1, 0.15) is 0 Å². The van der Waals surface area contributed by atoms with Gasteiger partial charge in [0.15, 0.2) is 0 Å². The van der Waals surface area contributed by atoms with E-state index in [9.17, 15) is 26.7 Å². The van der Waals surface area contributed by atoms with Crippen molar-refractivity contribution in [2.24, 2.45) is 0 Å². The van der Waals surface area contributed by atoms with Crippen LogP contribution in [-0.4, -0.2) is 34.8 Å². The van der Waals surface area contributed by atoms with Gasteiger partial charge in [0.05, 0.1) is 33.3 Å². The molecule has 1 aliphatic rings. The molecule has 2 heterocycles. The molecular formula is C18H16BrClF5N3OS. The van der Waals surface area contributed by atoms with E-state index >= 15 is 0 Å². The second kappa shape index (κ2) is 8.23. The first-order valence-electron chi connectivity index (χ1n) is 8.65. The molecule has 0 unspecified atom stereocenters. The molecule has 1 aliphatic heterocycles. The zero-order valence-electron chi connectivity index (χ0n) is 15.7. The van der Waals surface area contributed by atoms with Crippen molar-refractivity contribution in [3.63, 3.8) is 0 Å². The number of nitrogens with one attached hydrogen (secondary N) is 2. The predicted molar refractivity (Wildman–Crippen MR) is 109 cm³/mol. The Kier molecular flexibility index (Phi) is 6.37. The third kappa shape index (κ3) is 4.72. The molecule has 1 saturated heterocycles. The average Bonchev–Trinajstić information content (AvgIpc) is 3.12. The van der Waals surface area contributed by atoms with Crippen LogP contribution in [0.1, 0.15) is 33.7 Å². The van der Waals surface area contributed by atoms with Crippen molar-refractivity contribution in [1.29, 1.82) is 0 Å². The number of carbonyl (C=O) groups excluding carboxylic acids is 1. The van der Waals surface area contributed by atoms with Crippen LogP contribution in [0.2, 0.25) is 5.02 Å². The highest BCUT2D eigenvalue weighted by molar-refractivity contribution is 9.10. The third-order valence-electron chi connectivity index (χ3n) is 4.61. The van der Waals surface area contributed by atoms with Crippen molar-refractivity contribution in [2.45, 2.75) is 37.3 Å². The van der Waals surface area contributed by atoms with Crippen molar-refractivity contribution in [3.05, 3.63) is 44.1 Å². The van der Waals surface area contributed by atoms with E-state index in [1.807, 2.05) is 0 Å². The second-order valence-corrected chi connectivity index (χ2v) is 9.00. The summed E-state index contributed by atoms with van der Waals surface area (Å²) in [5, 5.41) is -0.480. The number of hydrogen-bond acceptors (Lipinski definition) is 3. The van der Waals surface area contributed by atoms with Crippen molar-refractivity contribution in [3.8, 4) is 0 Å². The topological polar surface area (TPSA) is 48.1 Å². The van der Waals surface area contributed by atoms with Gasteiger partial charge in [-0.15, -0.1) is 0 Å². The molecule has 0 saturated carbocycles. The Morgan fingerprint density at radius 2 is 1.97 bits per heavy atom. The number of aryl methyl sites for hydroxylation is 2. The number of nitrogens with zero attached hydrogens (tertiary/aromatic N) is 1. The van der Waals surface area contributed by atoms with Gasteiger partial charge in [0.25, 0.3) is 11.8 Å². The number of amides is 1. The summed E-state index contributed by atoms with van der Waals surface area (Å²) in [4.78, 5) is 17.4. The normalized spacial score (nSPS) is 16.2. The van der Waals surface area contributed by atoms with Gasteiger partial charge in [0, 0.05) is 28.8 Å². The first-order valence-corrected chi connectivity index (χ1v) is 10.6. The largest absolute Gasteiger partial charge is 0.417 e. The fraction of sp³-hybridized carbons (Fsp3) is 0.389. The zero-order chi connectivity index (χ0) is 22.4. The quantitative estimate of drug-likeness (QED) is 0.342. The predicted octanol–water partition coefficient (Wildman–Crippen LogP) is 6.67. The van der Waals surface area contributed by atoms with Crippen LogP contribution in [0.15, 0.2) is 21.5 Å². The average molecular weight is 533 g/mol. The van der Waals surface area contributed by atoms with Crippen LogP contribution in [-0.2, 0) is 6.18 Å². The molecule has 1 amide bonds. The molecule has 0 spiro atoms. The Labute approximate surface area is 186 Å². The SMILES string of the molecule is Cc1[nH]c(C)c(C(=O)N2CCC(F)(F)C2)c1SNc1cc(Cl)c(C(F)(F)F)cc1Br. The number of H-pyrrole nitrogens is 1. The van der Waals surface area contributed by atoms with Crippen LogP contribution in [0.4, 0.5) is 27.6 Å². The molecule has 30 heavy (non-hydrogen) atoms. The lowest BCUT2D eigenvalue weighted by Crippen LogP contribution is -2.31. The highest BCUT2D eigenvalue weighted by Crippen LogP contribution is 2.41. The van der Waals surface area contributed by atoms with Crippen LogP contribution >= 0.6 is 39.5 Å². The van der Waals surface area contributed by atoms with Gasteiger partial charge < -0.3 is 14.6 Å². The van der Waals surface area contributed by atoms with Crippen LogP contribution in [0.5, 0.6) is 0 Å². The Hall–Kier alpha value is -1.46. The summed E-state index contributed by atoms with van der Waals surface area (Å²) in [5.41, 5.74) is 0.667. The number of carbonyl (C=O) groups is 1. The first-order chi connectivity index (χ1) is 13.8. The van der Waals surface area contributed by atoms with Gasteiger partial charge in [-0.2, -0.15) is 13.2 Å². The number of alkyl halides is 5. The summed E-state index contributed by atoms with van der Waals surface area (Å²) in [5.74, 6) is -3.44. The summed E-state index contributed by atoms with van der Waals surface area (Å²) in [7, 11) is 0. The molecule has 2 N–H and O–H groups in total. The summed E-state index contributed by atoms with van der Waals surface area (Å²) >= 11 is 9.84. The molecule has 0 radical (unpaired) electrons. The van der Waals surface area contributed by atoms with Gasteiger partial charge in [-0.1, -0.05) is 11.6 Å². The maximum absolute atomic E-state index is 13.5. The van der Waals surface area contributed by atoms with Gasteiger partial charge in [-0.05, 0) is 53.9 Å². The van der Waals surface area contributed by atoms with Crippen LogP contribution in [0.25, 0.3) is 0 Å². The second-order valence-electron chi connectivity index (χ2n) is 6.93. The van der Waals surface area contributed by atoms with E-state index in [1.165, 1.54) is 0 Å². The molecule has 1 aromatic carbocycles. The molecule has 3 rings (SSSR count). The number of anilines is 1. The van der Waals surface area contributed by atoms with Crippen LogP contribution in [0.3, 0.4) is 0 Å². The maximum atomic E-state index is 13.5. The molecule has 0 bridgehead atoms. The van der Waals surface area contributed by atoms with Gasteiger partial charge in [-0.25, -0.2) is 8.78 Å². The minimum absolute atomic E-state index is 0.0485. The molecule has 0 aliphatic carbocycles. The third-order valence-corrected chi connectivity index (χ3v) is 6.62. The molecule has 4 nitrogen and oxygen atoms in total. The number of halogens is 7. The lowest BCUT2D eigenvalue weighted by molar-refractivity contribution is -0.137. The van der Waals surface area contributed by atoms with Crippen molar-refractivity contribution >= 4 is 51.1 Å². The molecule has 0 atom stereocenters. The summed E-state index contributed by atoms with van der Waals surface area (Å²) in [6, 6.07) is 1.98. The smallest absolute Gasteiger partial charge is 0.361 e. The van der Waals surface area contributed by atoms with Crippen molar-refractivity contribution in [2.75, 3.05) is 17.8 Å². The van der Waals surface area contributed by atoms with E-state index in [2.05, 4.69) is 25.6 Å². The Morgan fingerprint density at radius 3 is 2.53 bits per heavy atom. The minimum Gasteiger partial charge on any atom is -0.361 e. The zero-order valence-corrected chi connectivity index (χ0v) is 18.8. The number of hydrogen-bond donors (Lipinski definition) is 2. The summed E-state index contributed by atoms with van der Waals surface area (Å²) < 4.78 is 69.0. The molecule has 2 aromatic rings. The number of rotatable bonds is 4. The Bertz CT molecular complexity index is 995. The summed E-state index contributed by atoms with van der Waals surface area (Å²) in [6.45, 7) is 2.67. The number of benzene rings is 1. The fourth-order valence-electron chi connectivity index (χ4n) is 3.16. The highest BCUT2D eigenvalue weighted by atomic mass is 79.9. The molecule has 1 aromatic heterocycles. The Morgan fingerprint density at radius 1 is 1.30 bits per heavy atom. The van der Waals surface area contributed by atoms with Gasteiger partial charge in [-0.3, -0.25) is 4.79 Å². The lowest BCUT2D eigenvalue weighted by atomic mass is 10.2. The minimum atomic E-state index is -4.60. The van der Waals surface area contributed by atoms with E-state index in [-0.39, 0.29) is 28.7 Å². The fourth-order valence-corrected chi connectivity index (χ4v) is 4.93. The van der Waals surface area contributed by atoms with Crippen molar-refractivity contribution < 1.29 is 26.7 Å². The van der Waals surface area contributed by atoms with Crippen LogP contribution < -0.4 is 4.72 Å². The monoisotopic (exact) mass is 531 g/mol. The van der Waals surface area contributed by atoms with Crippen molar-refractivity contribution in [1.82, 2.24) is 9.88 Å². The van der Waals surface area contributed by atoms with E-state index < -0.39 is 35.1 Å². The number of aromatic nitrogens is 1. The van der Waals surface area contributed by atoms with E-state index in [1.54, 1.807) is 13.8 Å².